The van der Waals surface area contributed by atoms with Crippen molar-refractivity contribution in [3.05, 3.63) is 58.4 Å². The van der Waals surface area contributed by atoms with Gasteiger partial charge in [0.1, 0.15) is 0 Å². The van der Waals surface area contributed by atoms with E-state index < -0.39 is 0 Å². The number of H-pyrrole nitrogens is 1. The summed E-state index contributed by atoms with van der Waals surface area (Å²) in [6.07, 6.45) is 1.02. The van der Waals surface area contributed by atoms with E-state index >= 15 is 0 Å². The van der Waals surface area contributed by atoms with E-state index in [0.717, 1.165) is 28.9 Å². The first-order chi connectivity index (χ1) is 12.8. The average molecular weight is 367 g/mol. The van der Waals surface area contributed by atoms with Gasteiger partial charge in [0.15, 0.2) is 0 Å². The second kappa shape index (κ2) is 7.99. The quantitative estimate of drug-likeness (QED) is 0.900. The Morgan fingerprint density at radius 1 is 0.963 bits per heavy atom. The summed E-state index contributed by atoms with van der Waals surface area (Å²) in [5.74, 6) is 0.693. The molecule has 2 aromatic rings. The highest BCUT2D eigenvalue weighted by Gasteiger charge is 2.26. The van der Waals surface area contributed by atoms with Gasteiger partial charge in [-0.25, -0.2) is 0 Å². The van der Waals surface area contributed by atoms with Crippen LogP contribution in [0.2, 0.25) is 0 Å². The van der Waals surface area contributed by atoms with Crippen molar-refractivity contribution in [1.29, 1.82) is 0 Å². The molecule has 0 spiro atoms. The van der Waals surface area contributed by atoms with Crippen molar-refractivity contribution in [3.8, 4) is 0 Å². The van der Waals surface area contributed by atoms with Gasteiger partial charge in [-0.15, -0.1) is 0 Å². The number of aromatic nitrogens is 1. The Labute approximate surface area is 161 Å². The zero-order valence-corrected chi connectivity index (χ0v) is 16.7. The minimum atomic E-state index is 0.0435. The zero-order valence-electron chi connectivity index (χ0n) is 16.7. The van der Waals surface area contributed by atoms with Crippen molar-refractivity contribution in [3.63, 3.8) is 0 Å². The van der Waals surface area contributed by atoms with Crippen LogP contribution in [-0.2, 0) is 6.42 Å². The molecule has 0 radical (unpaired) electrons. The number of nitrogens with one attached hydrogen (secondary N) is 1. The Bertz CT molecular complexity index is 813. The lowest BCUT2D eigenvalue weighted by atomic mass is 10.0. The van der Waals surface area contributed by atoms with Gasteiger partial charge in [0, 0.05) is 43.1 Å². The van der Waals surface area contributed by atoms with Gasteiger partial charge in [-0.1, -0.05) is 26.0 Å². The van der Waals surface area contributed by atoms with Gasteiger partial charge in [-0.2, -0.15) is 0 Å². The molecule has 0 atom stereocenters. The van der Waals surface area contributed by atoms with Crippen molar-refractivity contribution in [2.45, 2.75) is 34.1 Å². The van der Waals surface area contributed by atoms with E-state index in [1.54, 1.807) is 0 Å². The number of hydrogen-bond donors (Lipinski definition) is 1. The maximum absolute atomic E-state index is 12.8. The Morgan fingerprint density at radius 3 is 2.00 bits per heavy atom. The van der Waals surface area contributed by atoms with Crippen LogP contribution in [0.5, 0.6) is 0 Å². The molecule has 2 amide bonds. The summed E-state index contributed by atoms with van der Waals surface area (Å²) in [5, 5.41) is 0. The second-order valence-corrected chi connectivity index (χ2v) is 7.87. The van der Waals surface area contributed by atoms with Gasteiger partial charge >= 0.3 is 0 Å². The van der Waals surface area contributed by atoms with E-state index in [-0.39, 0.29) is 11.8 Å². The third-order valence-corrected chi connectivity index (χ3v) is 5.08. The number of benzene rings is 1. The third-order valence-electron chi connectivity index (χ3n) is 5.08. The van der Waals surface area contributed by atoms with E-state index in [4.69, 9.17) is 0 Å². The number of amides is 2. The zero-order chi connectivity index (χ0) is 19.6. The van der Waals surface area contributed by atoms with Gasteiger partial charge in [-0.3, -0.25) is 9.59 Å². The van der Waals surface area contributed by atoms with E-state index in [9.17, 15) is 9.59 Å². The van der Waals surface area contributed by atoms with Crippen molar-refractivity contribution in [1.82, 2.24) is 14.8 Å². The molecule has 0 saturated carbocycles. The van der Waals surface area contributed by atoms with E-state index in [1.165, 1.54) is 5.56 Å². The van der Waals surface area contributed by atoms with Crippen molar-refractivity contribution in [2.24, 2.45) is 5.92 Å². The van der Waals surface area contributed by atoms with E-state index in [2.05, 4.69) is 18.8 Å². The first-order valence-electron chi connectivity index (χ1n) is 9.69. The fraction of sp³-hybridized carbons (Fsp3) is 0.455. The molecule has 1 fully saturated rings. The summed E-state index contributed by atoms with van der Waals surface area (Å²) < 4.78 is 0. The number of piperazine rings is 1. The van der Waals surface area contributed by atoms with E-state index in [1.807, 2.05) is 54.0 Å². The van der Waals surface area contributed by atoms with Crippen LogP contribution in [0.4, 0.5) is 0 Å². The molecule has 0 bridgehead atoms. The largest absolute Gasteiger partial charge is 0.362 e. The maximum atomic E-state index is 12.8. The molecule has 1 aliphatic rings. The average Bonchev–Trinajstić information content (AvgIpc) is 2.99. The predicted octanol–water partition coefficient (Wildman–Crippen LogP) is 3.43. The van der Waals surface area contributed by atoms with Crippen molar-refractivity contribution in [2.75, 3.05) is 26.2 Å². The second-order valence-electron chi connectivity index (χ2n) is 7.87. The lowest BCUT2D eigenvalue weighted by molar-refractivity contribution is 0.0535. The molecular weight excluding hydrogens is 338 g/mol. The molecule has 5 nitrogen and oxygen atoms in total. The number of rotatable bonds is 4. The monoisotopic (exact) mass is 367 g/mol. The molecule has 0 aliphatic carbocycles. The van der Waals surface area contributed by atoms with Crippen LogP contribution in [0.15, 0.2) is 30.3 Å². The number of hydrogen-bond acceptors (Lipinski definition) is 2. The highest BCUT2D eigenvalue weighted by atomic mass is 16.2. The molecular formula is C22H29N3O2. The number of carbonyl (C=O) groups is 2. The minimum Gasteiger partial charge on any atom is -0.362 e. The number of nitrogens with zero attached hydrogens (tertiary/aromatic N) is 2. The van der Waals surface area contributed by atoms with Crippen LogP contribution in [-0.4, -0.2) is 52.8 Å². The molecule has 27 heavy (non-hydrogen) atoms. The minimum absolute atomic E-state index is 0.0435. The number of aryl methyl sites for hydroxylation is 2. The Kier molecular flexibility index (Phi) is 5.68. The number of aromatic amines is 1. The van der Waals surface area contributed by atoms with Crippen LogP contribution >= 0.6 is 0 Å². The highest BCUT2D eigenvalue weighted by Crippen LogP contribution is 2.16. The molecule has 2 heterocycles. The van der Waals surface area contributed by atoms with Crippen LogP contribution < -0.4 is 0 Å². The predicted molar refractivity (Wildman–Crippen MR) is 107 cm³/mol. The summed E-state index contributed by atoms with van der Waals surface area (Å²) in [7, 11) is 0. The summed E-state index contributed by atoms with van der Waals surface area (Å²) in [6.45, 7) is 10.5. The lowest BCUT2D eigenvalue weighted by Crippen LogP contribution is -2.50. The summed E-state index contributed by atoms with van der Waals surface area (Å²) >= 11 is 0. The van der Waals surface area contributed by atoms with Crippen LogP contribution in [0, 0.1) is 19.8 Å². The lowest BCUT2D eigenvalue weighted by Gasteiger charge is -2.34. The number of carbonyl (C=O) groups excluding carboxylic acids is 2. The van der Waals surface area contributed by atoms with Gasteiger partial charge in [0.05, 0.1) is 5.56 Å². The SMILES string of the molecule is Cc1cc(C(=O)N2CCN(C(=O)c3ccc(CC(C)C)cc3)CC2)c(C)[nH]1. The first kappa shape index (κ1) is 19.2. The van der Waals surface area contributed by atoms with Crippen LogP contribution in [0.3, 0.4) is 0 Å². The molecule has 1 aliphatic heterocycles. The Balaban J connectivity index is 1.59. The molecule has 1 aromatic heterocycles. The molecule has 0 unspecified atom stereocenters. The first-order valence-corrected chi connectivity index (χ1v) is 9.69. The van der Waals surface area contributed by atoms with Gasteiger partial charge in [0.25, 0.3) is 11.8 Å². The van der Waals surface area contributed by atoms with Gasteiger partial charge in [0.2, 0.25) is 0 Å². The fourth-order valence-corrected chi connectivity index (χ4v) is 3.67. The fourth-order valence-electron chi connectivity index (χ4n) is 3.67. The van der Waals surface area contributed by atoms with Gasteiger partial charge < -0.3 is 14.8 Å². The highest BCUT2D eigenvalue weighted by molar-refractivity contribution is 5.96. The topological polar surface area (TPSA) is 56.4 Å². The van der Waals surface area contributed by atoms with Crippen LogP contribution in [0.25, 0.3) is 0 Å². The Morgan fingerprint density at radius 2 is 1.52 bits per heavy atom. The molecule has 1 aromatic carbocycles. The summed E-state index contributed by atoms with van der Waals surface area (Å²) in [5.41, 5.74) is 4.60. The standard InChI is InChI=1S/C22H29N3O2/c1-15(2)13-18-5-7-19(8-6-18)21(26)24-9-11-25(12-10-24)22(27)20-14-16(3)23-17(20)4/h5-8,14-15,23H,9-13H2,1-4H3. The summed E-state index contributed by atoms with van der Waals surface area (Å²) in [4.78, 5) is 32.3. The third kappa shape index (κ3) is 4.41. The van der Waals surface area contributed by atoms with Crippen molar-refractivity contribution < 1.29 is 9.59 Å². The maximum Gasteiger partial charge on any atom is 0.255 e. The van der Waals surface area contributed by atoms with Crippen LogP contribution in [0.1, 0.15) is 51.5 Å². The molecule has 1 saturated heterocycles. The molecule has 144 valence electrons. The van der Waals surface area contributed by atoms with Crippen molar-refractivity contribution >= 4 is 11.8 Å². The van der Waals surface area contributed by atoms with Gasteiger partial charge in [-0.05, 0) is 49.9 Å². The summed E-state index contributed by atoms with van der Waals surface area (Å²) in [6, 6.07) is 9.83. The Hall–Kier alpha value is -2.56. The molecule has 5 heteroatoms. The molecule has 1 N–H and O–H groups in total. The van der Waals surface area contributed by atoms with E-state index in [0.29, 0.717) is 32.1 Å². The normalized spacial score (nSPS) is 14.7. The smallest absolute Gasteiger partial charge is 0.255 e. The molecule has 3 rings (SSSR count).